The van der Waals surface area contributed by atoms with E-state index < -0.39 is 6.10 Å². The number of hydrogen-bond acceptors (Lipinski definition) is 2. The van der Waals surface area contributed by atoms with E-state index in [1.807, 2.05) is 7.11 Å². The maximum Gasteiger partial charge on any atom is 0.117 e. The first-order valence-corrected chi connectivity index (χ1v) is 11.5. The first-order valence-electron chi connectivity index (χ1n) is 11.5. The molecule has 0 aliphatic heterocycles. The second-order valence-electron chi connectivity index (χ2n) is 11.4. The van der Waals surface area contributed by atoms with Gasteiger partial charge < -0.3 is 9.84 Å². The van der Waals surface area contributed by atoms with E-state index in [2.05, 4.69) is 26.7 Å². The molecule has 27 heavy (non-hydrogen) atoms. The van der Waals surface area contributed by atoms with Crippen molar-refractivity contribution < 1.29 is 9.84 Å². The molecule has 0 aromatic heterocycles. The molecule has 1 spiro atoms. The fourth-order valence-corrected chi connectivity index (χ4v) is 9.85. The molecule has 0 amide bonds. The molecule has 5 aliphatic carbocycles. The van der Waals surface area contributed by atoms with E-state index in [4.69, 9.17) is 11.2 Å². The van der Waals surface area contributed by atoms with Crippen molar-refractivity contribution in [3.05, 3.63) is 0 Å². The fraction of sp³-hybridized carbons (Fsp3) is 0.920. The van der Waals surface area contributed by atoms with Gasteiger partial charge in [0.25, 0.3) is 0 Å². The Balaban J connectivity index is 1.47. The minimum atomic E-state index is -0.593. The van der Waals surface area contributed by atoms with Gasteiger partial charge in [-0.25, -0.2) is 0 Å². The number of hydrogen-bond donors (Lipinski definition) is 1. The number of aliphatic hydroxyl groups is 1. The van der Waals surface area contributed by atoms with Crippen molar-refractivity contribution in [1.82, 2.24) is 0 Å². The number of terminal acetylenes is 1. The zero-order valence-electron chi connectivity index (χ0n) is 17.7. The largest absolute Gasteiger partial charge is 0.381 e. The Bertz CT molecular complexity index is 666. The predicted octanol–water partition coefficient (Wildman–Crippen LogP) is 4.90. The van der Waals surface area contributed by atoms with Crippen molar-refractivity contribution in [3.8, 4) is 12.3 Å². The molecule has 2 heteroatoms. The van der Waals surface area contributed by atoms with Crippen LogP contribution in [0, 0.1) is 64.1 Å². The topological polar surface area (TPSA) is 29.5 Å². The van der Waals surface area contributed by atoms with Gasteiger partial charge in [0.15, 0.2) is 0 Å². The van der Waals surface area contributed by atoms with Crippen molar-refractivity contribution in [3.63, 3.8) is 0 Å². The molecule has 5 aliphatic rings. The van der Waals surface area contributed by atoms with Gasteiger partial charge >= 0.3 is 0 Å². The van der Waals surface area contributed by atoms with E-state index in [0.717, 1.165) is 23.7 Å². The molecule has 0 heterocycles. The summed E-state index contributed by atoms with van der Waals surface area (Å²) >= 11 is 0. The van der Waals surface area contributed by atoms with E-state index >= 15 is 0 Å². The predicted molar refractivity (Wildman–Crippen MR) is 108 cm³/mol. The van der Waals surface area contributed by atoms with Crippen LogP contribution in [0.25, 0.3) is 0 Å². The van der Waals surface area contributed by atoms with Gasteiger partial charge in [0.2, 0.25) is 0 Å². The Morgan fingerprint density at radius 1 is 1.11 bits per heavy atom. The molecule has 2 unspecified atom stereocenters. The first kappa shape index (κ1) is 18.5. The maximum atomic E-state index is 10.4. The molecule has 5 fully saturated rings. The molecule has 0 radical (unpaired) electrons. The summed E-state index contributed by atoms with van der Waals surface area (Å²) < 4.78 is 6.21. The van der Waals surface area contributed by atoms with Gasteiger partial charge in [0.05, 0.1) is 6.10 Å². The lowest BCUT2D eigenvalue weighted by Gasteiger charge is -2.61. The molecule has 0 aromatic carbocycles. The van der Waals surface area contributed by atoms with Crippen LogP contribution in [-0.2, 0) is 4.74 Å². The van der Waals surface area contributed by atoms with Crippen LogP contribution >= 0.6 is 0 Å². The summed E-state index contributed by atoms with van der Waals surface area (Å²) in [4.78, 5) is 0. The van der Waals surface area contributed by atoms with Gasteiger partial charge in [0.1, 0.15) is 6.10 Å². The van der Waals surface area contributed by atoms with Gasteiger partial charge in [-0.15, -0.1) is 6.42 Å². The molecule has 1 N–H and O–H groups in total. The third-order valence-corrected chi connectivity index (χ3v) is 11.2. The molecule has 5 rings (SSSR count). The quantitative estimate of drug-likeness (QED) is 0.716. The molecule has 0 bridgehead atoms. The molecule has 0 aromatic rings. The first-order chi connectivity index (χ1) is 12.8. The van der Waals surface area contributed by atoms with Gasteiger partial charge in [-0.1, -0.05) is 26.7 Å². The number of methoxy groups -OCH3 is 1. The molecular formula is C25H38O2. The van der Waals surface area contributed by atoms with Crippen LogP contribution in [0.5, 0.6) is 0 Å². The Kier molecular flexibility index (Phi) is 3.95. The summed E-state index contributed by atoms with van der Waals surface area (Å²) in [5, 5.41) is 10.4. The van der Waals surface area contributed by atoms with Gasteiger partial charge in [0, 0.05) is 12.5 Å². The Hall–Kier alpha value is -0.520. The number of aliphatic hydroxyl groups excluding tert-OH is 1. The highest BCUT2D eigenvalue weighted by molar-refractivity contribution is 5.26. The van der Waals surface area contributed by atoms with Crippen molar-refractivity contribution in [2.24, 2.45) is 51.8 Å². The molecule has 150 valence electrons. The summed E-state index contributed by atoms with van der Waals surface area (Å²) in [5.41, 5.74) is 1.37. The average molecular weight is 371 g/mol. The average Bonchev–Trinajstić information content (AvgIpc) is 3.17. The van der Waals surface area contributed by atoms with E-state index in [1.54, 1.807) is 0 Å². The fourth-order valence-electron chi connectivity index (χ4n) is 9.85. The third kappa shape index (κ3) is 2.06. The SMILES string of the molecule is C#CC(O)[C@@H](C)[C@H]1CC[C@H]2[C@@H]3CC(OC)[C@]45C[C@H]4CC[C@]5(C)[C@H]3CC[C@]12C. The van der Waals surface area contributed by atoms with Gasteiger partial charge in [-0.2, -0.15) is 0 Å². The second kappa shape index (κ2) is 5.76. The smallest absolute Gasteiger partial charge is 0.117 e. The summed E-state index contributed by atoms with van der Waals surface area (Å²) in [5.74, 6) is 6.82. The highest BCUT2D eigenvalue weighted by Gasteiger charge is 2.77. The Morgan fingerprint density at radius 3 is 2.56 bits per heavy atom. The number of fused-ring (bicyclic) bond motifs is 4. The molecule has 11 atom stereocenters. The number of ether oxygens (including phenoxy) is 1. The zero-order chi connectivity index (χ0) is 19.2. The van der Waals surface area contributed by atoms with E-state index in [9.17, 15) is 5.11 Å². The standard InChI is InChI=1S/C25H38O2/c1-6-21(26)15(2)18-7-8-19-17-13-22(27-5)25-14-16(25)9-12-24(25,4)20(17)10-11-23(18,19)3/h1,15-22,26H,7-14H2,2-5H3/t15-,16+,17-,18+,19-,20-,21?,22?,23+,24+,25-/m0/s1. The molecule has 5 saturated carbocycles. The van der Waals surface area contributed by atoms with Crippen molar-refractivity contribution in [2.45, 2.75) is 84.3 Å². The molecule has 0 saturated heterocycles. The molecular weight excluding hydrogens is 332 g/mol. The Morgan fingerprint density at radius 2 is 1.89 bits per heavy atom. The van der Waals surface area contributed by atoms with Crippen LogP contribution in [-0.4, -0.2) is 24.4 Å². The van der Waals surface area contributed by atoms with Crippen molar-refractivity contribution in [1.29, 1.82) is 0 Å². The minimum Gasteiger partial charge on any atom is -0.381 e. The minimum absolute atomic E-state index is 0.213. The summed E-state index contributed by atoms with van der Waals surface area (Å²) in [6.07, 6.45) is 16.3. The van der Waals surface area contributed by atoms with Crippen LogP contribution in [0.15, 0.2) is 0 Å². The third-order valence-electron chi connectivity index (χ3n) is 11.2. The second-order valence-corrected chi connectivity index (χ2v) is 11.4. The van der Waals surface area contributed by atoms with Crippen LogP contribution < -0.4 is 0 Å². The van der Waals surface area contributed by atoms with Gasteiger partial charge in [-0.05, 0) is 97.7 Å². The van der Waals surface area contributed by atoms with E-state index in [-0.39, 0.29) is 5.92 Å². The normalized spacial score (nSPS) is 57.6. The van der Waals surface area contributed by atoms with Crippen molar-refractivity contribution >= 4 is 0 Å². The zero-order valence-corrected chi connectivity index (χ0v) is 17.7. The highest BCUT2D eigenvalue weighted by Crippen LogP contribution is 2.82. The van der Waals surface area contributed by atoms with Crippen LogP contribution in [0.2, 0.25) is 0 Å². The molecule has 2 nitrogen and oxygen atoms in total. The van der Waals surface area contributed by atoms with Crippen LogP contribution in [0.3, 0.4) is 0 Å². The summed E-state index contributed by atoms with van der Waals surface area (Å²) in [6, 6.07) is 0. The maximum absolute atomic E-state index is 10.4. The van der Waals surface area contributed by atoms with E-state index in [0.29, 0.717) is 28.3 Å². The lowest BCUT2D eigenvalue weighted by Crippen LogP contribution is -2.57. The van der Waals surface area contributed by atoms with Crippen molar-refractivity contribution in [2.75, 3.05) is 7.11 Å². The van der Waals surface area contributed by atoms with Gasteiger partial charge in [-0.3, -0.25) is 0 Å². The highest BCUT2D eigenvalue weighted by atomic mass is 16.5. The van der Waals surface area contributed by atoms with Crippen LogP contribution in [0.1, 0.15) is 72.1 Å². The lowest BCUT2D eigenvalue weighted by atomic mass is 9.45. The lowest BCUT2D eigenvalue weighted by molar-refractivity contribution is -0.162. The Labute approximate surface area is 165 Å². The number of rotatable bonds is 3. The van der Waals surface area contributed by atoms with E-state index in [1.165, 1.54) is 51.4 Å². The monoisotopic (exact) mass is 370 g/mol. The summed E-state index contributed by atoms with van der Waals surface area (Å²) in [7, 11) is 1.97. The van der Waals surface area contributed by atoms with Crippen LogP contribution in [0.4, 0.5) is 0 Å². The summed E-state index contributed by atoms with van der Waals surface area (Å²) in [6.45, 7) is 7.37.